The van der Waals surface area contributed by atoms with Gasteiger partial charge in [0.1, 0.15) is 0 Å². The quantitative estimate of drug-likeness (QED) is 0.196. The van der Waals surface area contributed by atoms with E-state index < -0.39 is 0 Å². The molecular weight excluding hydrogens is 712 g/mol. The Kier molecular flexibility index (Phi) is 26.0. The Morgan fingerprint density at radius 3 is 1.09 bits per heavy atom. The van der Waals surface area contributed by atoms with E-state index in [9.17, 15) is 0 Å². The number of hydrogen-bond donors (Lipinski definition) is 0. The molecule has 0 amide bonds. The average Bonchev–Trinajstić information content (AvgIpc) is 2.36. The Bertz CT molecular complexity index is 261. The van der Waals surface area contributed by atoms with Gasteiger partial charge in [0.15, 0.2) is 0 Å². The summed E-state index contributed by atoms with van der Waals surface area (Å²) in [6, 6.07) is 0. The van der Waals surface area contributed by atoms with Gasteiger partial charge in [-0.1, -0.05) is 25.8 Å². The number of rotatable bonds is 10. The first-order chi connectivity index (χ1) is 10.5. The maximum atomic E-state index is 4.11. The third-order valence-corrected chi connectivity index (χ3v) is 146. The minimum absolute atomic E-state index is 0.0137. The maximum Gasteiger partial charge on any atom is -0.000465 e. The molecule has 0 nitrogen and oxygen atoms in total. The van der Waals surface area contributed by atoms with E-state index in [1.165, 1.54) is 0 Å². The highest BCUT2D eigenvalue weighted by Gasteiger charge is 2.45. The summed E-state index contributed by atoms with van der Waals surface area (Å²) in [5.41, 5.74) is 0. The van der Waals surface area contributed by atoms with Crippen molar-refractivity contribution in [1.82, 2.24) is 0 Å². The smallest absolute Gasteiger partial charge is 0.000465 e. The lowest BCUT2D eigenvalue weighted by atomic mass is 28.5. The van der Waals surface area contributed by atoms with Gasteiger partial charge in [-0.2, -0.15) is 0 Å². The lowest BCUT2D eigenvalue weighted by Crippen LogP contribution is -1.59. The Balaban J connectivity index is 6.12. The van der Waals surface area contributed by atoms with Crippen LogP contribution in [-0.4, -0.2) is 0 Å². The van der Waals surface area contributed by atoms with E-state index in [2.05, 4.69) is 107 Å². The lowest BCUT2D eigenvalue weighted by molar-refractivity contribution is 4.47. The van der Waals surface area contributed by atoms with Crippen LogP contribution in [0.2, 0.25) is 0 Å². The second kappa shape index (κ2) is 18.2. The van der Waals surface area contributed by atoms with Crippen LogP contribution in [0, 0.1) is 0 Å². The van der Waals surface area contributed by atoms with Crippen molar-refractivity contribution in [2.75, 3.05) is 0 Å². The zero-order valence-electron chi connectivity index (χ0n) is 11.7. The average molecular weight is 736 g/mol. The predicted octanol–water partition coefficient (Wildman–Crippen LogP) is 13.7. The van der Waals surface area contributed by atoms with Crippen molar-refractivity contribution in [3.63, 3.8) is 0 Å². The molecule has 0 aliphatic carbocycles. The molecule has 0 aromatic heterocycles. The van der Waals surface area contributed by atoms with Crippen LogP contribution in [0.5, 0.6) is 0 Å². The second-order valence-corrected chi connectivity index (χ2v) is 91.6. The first-order valence-corrected chi connectivity index (χ1v) is 45.7. The molecule has 0 fully saturated rings. The highest BCUT2D eigenvalue weighted by molar-refractivity contribution is 9.39. The van der Waals surface area contributed by atoms with E-state index in [4.69, 9.17) is 0 Å². The molecule has 0 N–H and O–H groups in total. The monoisotopic (exact) mass is 736 g/mol. The minimum Gasteiger partial charge on any atom is -0.102 e. The molecule has 23 heteroatoms. The highest BCUT2D eigenvalue weighted by atomic mass is 33.4. The van der Waals surface area contributed by atoms with E-state index >= 15 is 0 Å². The summed E-state index contributed by atoms with van der Waals surface area (Å²) in [5.74, 6) is 0. The maximum absolute atomic E-state index is 4.11. The molecule has 16 atom stereocenters. The van der Waals surface area contributed by atoms with Crippen molar-refractivity contribution in [3.8, 4) is 0 Å². The van der Waals surface area contributed by atoms with E-state index in [1.54, 1.807) is 0 Å². The normalized spacial score (nSPS) is 16.7. The topological polar surface area (TPSA) is 0 Å². The van der Waals surface area contributed by atoms with Crippen molar-refractivity contribution in [2.45, 2.75) is 0 Å². The van der Waals surface area contributed by atoms with Crippen molar-refractivity contribution in [1.29, 1.82) is 0 Å². The van der Waals surface area contributed by atoms with Gasteiger partial charge in [-0.05, 0) is 69.9 Å². The van der Waals surface area contributed by atoms with Crippen molar-refractivity contribution in [3.05, 3.63) is 0 Å². The number of hydrogen-bond acceptors (Lipinski definition) is 0. The molecule has 0 aliphatic rings. The van der Waals surface area contributed by atoms with E-state index in [0.29, 0.717) is 0 Å². The summed E-state index contributed by atoms with van der Waals surface area (Å²) in [6.45, 7) is 0.180. The van der Waals surface area contributed by atoms with Gasteiger partial charge in [0.25, 0.3) is 0 Å². The Morgan fingerprint density at radius 2 is 0.870 bits per heavy atom. The summed E-state index contributed by atoms with van der Waals surface area (Å²) in [4.78, 5) is 0. The Hall–Kier alpha value is 9.89. The van der Waals surface area contributed by atoms with Crippen LogP contribution in [0.25, 0.3) is 0 Å². The first kappa shape index (κ1) is 32.9. The van der Waals surface area contributed by atoms with Gasteiger partial charge in [0, 0.05) is 0 Å². The molecule has 0 saturated heterocycles. The Labute approximate surface area is 183 Å². The standard InChI is InChI=1S/H23P23/c1-13-19(12)22(18(10)11)23(20(14(2)3)15(4)5)21(16(6)7)17(8)9/h1-2,13H,3-12H2. The fourth-order valence-corrected chi connectivity index (χ4v) is 278. The molecule has 23 heavy (non-hydrogen) atoms. The van der Waals surface area contributed by atoms with Crippen LogP contribution in [0.4, 0.5) is 0 Å². The molecule has 2 radical (unpaired) electrons. The van der Waals surface area contributed by atoms with E-state index in [0.717, 1.165) is 7.96 Å². The molecule has 0 bridgehead atoms. The largest absolute Gasteiger partial charge is 0.102 e. The van der Waals surface area contributed by atoms with Crippen molar-refractivity contribution in [2.24, 2.45) is 0 Å². The minimum atomic E-state index is -0.112. The van der Waals surface area contributed by atoms with Gasteiger partial charge in [-0.25, -0.2) is 0 Å². The predicted molar refractivity (Wildman–Crippen MR) is 191 cm³/mol. The van der Waals surface area contributed by atoms with Crippen molar-refractivity contribution < 1.29 is 0 Å². The van der Waals surface area contributed by atoms with Gasteiger partial charge in [-0.15, -0.1) is 89.3 Å². The third kappa shape index (κ3) is 12.4. The fraction of sp³-hybridized carbons (Fsp3) is 0. The van der Waals surface area contributed by atoms with E-state index in [1.807, 2.05) is 0 Å². The summed E-state index contributed by atoms with van der Waals surface area (Å²) in [7, 11) is 40.8. The zero-order valence-corrected chi connectivity index (χ0v) is 35.2. The van der Waals surface area contributed by atoms with Gasteiger partial charge in [0.2, 0.25) is 0 Å². The van der Waals surface area contributed by atoms with Crippen LogP contribution in [0.1, 0.15) is 0 Å². The Morgan fingerprint density at radius 1 is 0.522 bits per heavy atom. The molecule has 0 aromatic rings. The first-order valence-electron chi connectivity index (χ1n) is 5.08. The lowest BCUT2D eigenvalue weighted by Gasteiger charge is -2.47. The molecule has 0 rings (SSSR count). The van der Waals surface area contributed by atoms with Crippen LogP contribution in [0.3, 0.4) is 0 Å². The van der Waals surface area contributed by atoms with E-state index in [-0.39, 0.29) is 69.9 Å². The molecule has 0 heterocycles. The van der Waals surface area contributed by atoms with Gasteiger partial charge >= 0.3 is 0 Å². The van der Waals surface area contributed by atoms with Gasteiger partial charge in [-0.3, -0.25) is 0 Å². The molecule has 138 valence electrons. The van der Waals surface area contributed by atoms with Crippen LogP contribution < -0.4 is 0 Å². The summed E-state index contributed by atoms with van der Waals surface area (Å²) >= 11 is 0. The summed E-state index contributed by atoms with van der Waals surface area (Å²) in [5, 5.41) is 0. The zero-order chi connectivity index (χ0) is 18.5. The molecule has 0 saturated carbocycles. The molecule has 0 spiro atoms. The molecular formula is H23P23. The SMILES string of the molecule is [PH]PP(P)P(P(P)P)P(P(P([PH])P)P(P)P)P(P(P)P)P(P)P. The molecule has 0 aromatic carbocycles. The third-order valence-electron chi connectivity index (χ3n) is 1.81. The molecule has 0 aliphatic heterocycles. The van der Waals surface area contributed by atoms with Crippen LogP contribution in [0.15, 0.2) is 0 Å². The van der Waals surface area contributed by atoms with Crippen LogP contribution in [-0.2, 0) is 0 Å². The summed E-state index contributed by atoms with van der Waals surface area (Å²) in [6.07, 6.45) is 0. The van der Waals surface area contributed by atoms with Crippen molar-refractivity contribution >= 4 is 185 Å². The molecule has 16 unspecified atom stereocenters. The summed E-state index contributed by atoms with van der Waals surface area (Å²) < 4.78 is 0. The van der Waals surface area contributed by atoms with Gasteiger partial charge < -0.3 is 0 Å². The fourth-order valence-electron chi connectivity index (χ4n) is 1.14. The van der Waals surface area contributed by atoms with Gasteiger partial charge in [0.05, 0.1) is 0 Å². The highest BCUT2D eigenvalue weighted by Crippen LogP contribution is 3.33. The second-order valence-electron chi connectivity index (χ2n) is 3.39. The van der Waals surface area contributed by atoms with Crippen LogP contribution >= 0.6 is 185 Å².